The summed E-state index contributed by atoms with van der Waals surface area (Å²) in [7, 11) is 0. The number of carbonyl (C=O) groups is 1. The van der Waals surface area contributed by atoms with Crippen LogP contribution in [0.5, 0.6) is 0 Å². The lowest BCUT2D eigenvalue weighted by molar-refractivity contribution is -0.137. The van der Waals surface area contributed by atoms with Gasteiger partial charge in [-0.2, -0.15) is 18.3 Å². The summed E-state index contributed by atoms with van der Waals surface area (Å²) in [4.78, 5) is 10.6. The van der Waals surface area contributed by atoms with Crippen LogP contribution < -0.4 is 0 Å². The van der Waals surface area contributed by atoms with Crippen molar-refractivity contribution < 1.29 is 23.1 Å². The minimum Gasteiger partial charge on any atom is -0.478 e. The molecule has 0 saturated carbocycles. The maximum Gasteiger partial charge on any atom is 0.419 e. The summed E-state index contributed by atoms with van der Waals surface area (Å²) in [6.45, 7) is 1.66. The highest BCUT2D eigenvalue weighted by Crippen LogP contribution is 2.28. The van der Waals surface area contributed by atoms with Crippen molar-refractivity contribution in [1.82, 2.24) is 9.78 Å². The van der Waals surface area contributed by atoms with Gasteiger partial charge in [-0.3, -0.25) is 4.68 Å². The number of hydrogen-bond donors (Lipinski definition) is 1. The molecule has 0 radical (unpaired) electrons. The Hall–Kier alpha value is -1.79. The Labute approximate surface area is 95.4 Å². The Balaban J connectivity index is 2.77. The smallest absolute Gasteiger partial charge is 0.419 e. The van der Waals surface area contributed by atoms with Crippen LogP contribution in [0.25, 0.3) is 0 Å². The van der Waals surface area contributed by atoms with Gasteiger partial charge in [-0.25, -0.2) is 4.79 Å². The van der Waals surface area contributed by atoms with Crippen LogP contribution in [0.15, 0.2) is 24.0 Å². The zero-order chi connectivity index (χ0) is 13.1. The Morgan fingerprint density at radius 2 is 2.24 bits per heavy atom. The lowest BCUT2D eigenvalue weighted by Gasteiger charge is -2.01. The van der Waals surface area contributed by atoms with E-state index in [0.717, 1.165) is 10.9 Å². The first-order valence-electron chi connectivity index (χ1n) is 4.86. The van der Waals surface area contributed by atoms with Crippen LogP contribution in [0, 0.1) is 0 Å². The van der Waals surface area contributed by atoms with Gasteiger partial charge < -0.3 is 5.11 Å². The summed E-state index contributed by atoms with van der Waals surface area (Å²) >= 11 is 0. The molecule has 0 aliphatic carbocycles. The first-order valence-corrected chi connectivity index (χ1v) is 4.86. The number of alkyl halides is 3. The molecule has 0 fully saturated rings. The second-order valence-corrected chi connectivity index (χ2v) is 3.34. The second-order valence-electron chi connectivity index (χ2n) is 3.34. The fraction of sp³-hybridized carbons (Fsp3) is 0.400. The Bertz CT molecular complexity index is 435. The highest BCUT2D eigenvalue weighted by molar-refractivity contribution is 5.86. The third kappa shape index (κ3) is 3.61. The van der Waals surface area contributed by atoms with E-state index in [9.17, 15) is 18.0 Å². The largest absolute Gasteiger partial charge is 0.478 e. The van der Waals surface area contributed by atoms with Gasteiger partial charge >= 0.3 is 12.1 Å². The highest BCUT2D eigenvalue weighted by atomic mass is 19.4. The molecule has 0 saturated heterocycles. The third-order valence-corrected chi connectivity index (χ3v) is 2.14. The van der Waals surface area contributed by atoms with Crippen LogP contribution in [-0.2, 0) is 17.5 Å². The van der Waals surface area contributed by atoms with E-state index in [1.807, 2.05) is 0 Å². The number of halogens is 3. The van der Waals surface area contributed by atoms with Crippen molar-refractivity contribution >= 4 is 5.97 Å². The predicted octanol–water partition coefficient (Wildman–Crippen LogP) is 2.32. The van der Waals surface area contributed by atoms with Crippen molar-refractivity contribution in [2.75, 3.05) is 0 Å². The summed E-state index contributed by atoms with van der Waals surface area (Å²) in [5.74, 6) is -1.07. The monoisotopic (exact) mass is 248 g/mol. The number of carboxylic acid groups (broad SMARTS) is 1. The lowest BCUT2D eigenvalue weighted by Crippen LogP contribution is -2.04. The summed E-state index contributed by atoms with van der Waals surface area (Å²) in [6.07, 6.45) is -1.23. The van der Waals surface area contributed by atoms with E-state index in [1.165, 1.54) is 6.08 Å². The molecule has 1 heterocycles. The van der Waals surface area contributed by atoms with Crippen molar-refractivity contribution in [2.45, 2.75) is 26.1 Å². The van der Waals surface area contributed by atoms with Gasteiger partial charge in [-0.1, -0.05) is 13.0 Å². The topological polar surface area (TPSA) is 55.1 Å². The number of allylic oxidation sites excluding steroid dienone is 1. The van der Waals surface area contributed by atoms with E-state index in [0.29, 0.717) is 12.6 Å². The highest BCUT2D eigenvalue weighted by Gasteiger charge is 2.32. The first kappa shape index (κ1) is 13.3. The molecule has 0 atom stereocenters. The van der Waals surface area contributed by atoms with E-state index < -0.39 is 17.7 Å². The third-order valence-electron chi connectivity index (χ3n) is 2.14. The molecule has 0 aliphatic heterocycles. The number of hydrogen-bond acceptors (Lipinski definition) is 2. The maximum atomic E-state index is 12.2. The minimum absolute atomic E-state index is 0.00551. The fourth-order valence-corrected chi connectivity index (χ4v) is 1.20. The molecule has 7 heteroatoms. The van der Waals surface area contributed by atoms with Gasteiger partial charge in [0.2, 0.25) is 0 Å². The molecule has 0 amide bonds. The molecule has 17 heavy (non-hydrogen) atoms. The summed E-state index contributed by atoms with van der Waals surface area (Å²) in [5, 5.41) is 12.2. The number of aliphatic carboxylic acids is 1. The maximum absolute atomic E-state index is 12.2. The molecular weight excluding hydrogens is 237 g/mol. The average Bonchev–Trinajstić information content (AvgIpc) is 2.66. The van der Waals surface area contributed by atoms with Gasteiger partial charge in [0.25, 0.3) is 0 Å². The summed E-state index contributed by atoms with van der Waals surface area (Å²) < 4.78 is 37.7. The zero-order valence-electron chi connectivity index (χ0n) is 9.03. The molecule has 0 spiro atoms. The van der Waals surface area contributed by atoms with Crippen LogP contribution in [-0.4, -0.2) is 20.9 Å². The first-order chi connectivity index (χ1) is 7.84. The van der Waals surface area contributed by atoms with E-state index in [2.05, 4.69) is 5.10 Å². The molecule has 4 nitrogen and oxygen atoms in total. The molecule has 0 unspecified atom stereocenters. The quantitative estimate of drug-likeness (QED) is 0.832. The van der Waals surface area contributed by atoms with Crippen LogP contribution >= 0.6 is 0 Å². The Kier molecular flexibility index (Phi) is 3.93. The summed E-state index contributed by atoms with van der Waals surface area (Å²) in [5.41, 5.74) is -0.701. The van der Waals surface area contributed by atoms with Crippen LogP contribution in [0.2, 0.25) is 0 Å². The van der Waals surface area contributed by atoms with Crippen molar-refractivity contribution in [1.29, 1.82) is 0 Å². The van der Waals surface area contributed by atoms with E-state index >= 15 is 0 Å². The van der Waals surface area contributed by atoms with Gasteiger partial charge in [-0.15, -0.1) is 0 Å². The standard InChI is InChI=1S/C10H11F3N2O2/c1-2-7(9(16)17)3-4-15-6-8(5-14-15)10(11,12)13/h3,5-6H,2,4H2,1H3,(H,16,17). The van der Waals surface area contributed by atoms with E-state index in [1.54, 1.807) is 6.92 Å². The van der Waals surface area contributed by atoms with Crippen molar-refractivity contribution in [3.8, 4) is 0 Å². The Morgan fingerprint density at radius 3 is 2.65 bits per heavy atom. The van der Waals surface area contributed by atoms with Crippen molar-refractivity contribution in [3.63, 3.8) is 0 Å². The van der Waals surface area contributed by atoms with Crippen LogP contribution in [0.1, 0.15) is 18.9 Å². The average molecular weight is 248 g/mol. The van der Waals surface area contributed by atoms with E-state index in [-0.39, 0.29) is 12.1 Å². The minimum atomic E-state index is -4.43. The van der Waals surface area contributed by atoms with Gasteiger partial charge in [0.1, 0.15) is 0 Å². The normalized spacial score (nSPS) is 12.8. The predicted molar refractivity (Wildman–Crippen MR) is 53.2 cm³/mol. The van der Waals surface area contributed by atoms with Crippen LogP contribution in [0.3, 0.4) is 0 Å². The summed E-state index contributed by atoms with van der Waals surface area (Å²) in [6, 6.07) is 0. The van der Waals surface area contributed by atoms with Gasteiger partial charge in [0, 0.05) is 11.8 Å². The number of rotatable bonds is 4. The SMILES string of the molecule is CCC(=CCn1cc(C(F)(F)F)cn1)C(=O)O. The number of aromatic nitrogens is 2. The molecular formula is C10H11F3N2O2. The molecule has 94 valence electrons. The van der Waals surface area contributed by atoms with Crippen molar-refractivity contribution in [3.05, 3.63) is 29.6 Å². The molecule has 1 rings (SSSR count). The molecule has 0 bridgehead atoms. The zero-order valence-corrected chi connectivity index (χ0v) is 9.03. The van der Waals surface area contributed by atoms with E-state index in [4.69, 9.17) is 5.11 Å². The lowest BCUT2D eigenvalue weighted by atomic mass is 10.2. The van der Waals surface area contributed by atoms with Gasteiger partial charge in [0.15, 0.2) is 0 Å². The van der Waals surface area contributed by atoms with Crippen molar-refractivity contribution in [2.24, 2.45) is 0 Å². The Morgan fingerprint density at radius 1 is 1.59 bits per heavy atom. The molecule has 0 aromatic carbocycles. The molecule has 1 aromatic rings. The number of carboxylic acids is 1. The second kappa shape index (κ2) is 5.03. The molecule has 0 aliphatic rings. The molecule has 1 aromatic heterocycles. The number of nitrogens with zero attached hydrogens (tertiary/aromatic N) is 2. The molecule has 1 N–H and O–H groups in total. The van der Waals surface area contributed by atoms with Crippen LogP contribution in [0.4, 0.5) is 13.2 Å². The fourth-order valence-electron chi connectivity index (χ4n) is 1.20. The van der Waals surface area contributed by atoms with Gasteiger partial charge in [-0.05, 0) is 6.42 Å². The van der Waals surface area contributed by atoms with Gasteiger partial charge in [0.05, 0.1) is 18.3 Å².